The maximum Gasteiger partial charge on any atom is 0.264 e. The lowest BCUT2D eigenvalue weighted by molar-refractivity contribution is -0.119. The highest BCUT2D eigenvalue weighted by Gasteiger charge is 2.27. The van der Waals surface area contributed by atoms with Crippen molar-refractivity contribution in [3.8, 4) is 5.75 Å². The number of hydrogen-bond donors (Lipinski definition) is 1. The Bertz CT molecular complexity index is 1220. The van der Waals surface area contributed by atoms with Gasteiger partial charge in [0, 0.05) is 6.54 Å². The Hall–Kier alpha value is -3.32. The van der Waals surface area contributed by atoms with Crippen LogP contribution in [0.2, 0.25) is 0 Å². The number of hydrogen-bond acceptors (Lipinski definition) is 4. The number of carbonyl (C=O) groups excluding carboxylic acids is 1. The van der Waals surface area contributed by atoms with Gasteiger partial charge in [-0.15, -0.1) is 0 Å². The van der Waals surface area contributed by atoms with Gasteiger partial charge in [-0.3, -0.25) is 9.10 Å². The van der Waals surface area contributed by atoms with E-state index in [2.05, 4.69) is 19.2 Å². The first-order chi connectivity index (χ1) is 16.7. The first-order valence-corrected chi connectivity index (χ1v) is 13.2. The standard InChI is InChI=1S/C28H34N2O4S/c1-21(2)23-13-15-25(16-14-23)30(35(32,33)26-17-11-22(3)12-18-26)20-28(31)29-19-7-9-24-8-5-6-10-27(24)34-4/h5-6,8,10-18,21H,7,9,19-20H2,1-4H3,(H,29,31). The number of anilines is 1. The largest absolute Gasteiger partial charge is 0.496 e. The second-order valence-corrected chi connectivity index (χ2v) is 10.7. The quantitative estimate of drug-likeness (QED) is 0.378. The van der Waals surface area contributed by atoms with Crippen LogP contribution in [0.1, 0.15) is 42.9 Å². The summed E-state index contributed by atoms with van der Waals surface area (Å²) in [6.45, 7) is 6.19. The number of para-hydroxylation sites is 1. The summed E-state index contributed by atoms with van der Waals surface area (Å²) < 4.78 is 33.6. The van der Waals surface area contributed by atoms with Crippen LogP contribution >= 0.6 is 0 Å². The first-order valence-electron chi connectivity index (χ1n) is 11.8. The molecule has 0 atom stereocenters. The Kier molecular flexibility index (Phi) is 8.93. The fourth-order valence-corrected chi connectivity index (χ4v) is 5.20. The summed E-state index contributed by atoms with van der Waals surface area (Å²) in [4.78, 5) is 13.0. The average Bonchev–Trinajstić information content (AvgIpc) is 2.85. The van der Waals surface area contributed by atoms with Crippen molar-refractivity contribution < 1.29 is 17.9 Å². The molecule has 3 aromatic rings. The summed E-state index contributed by atoms with van der Waals surface area (Å²) in [6, 6.07) is 21.8. The molecule has 0 aliphatic heterocycles. The molecular formula is C28H34N2O4S. The number of aryl methyl sites for hydroxylation is 2. The molecular weight excluding hydrogens is 460 g/mol. The Morgan fingerprint density at radius 3 is 2.26 bits per heavy atom. The number of nitrogens with zero attached hydrogens (tertiary/aromatic N) is 1. The van der Waals surface area contributed by atoms with E-state index in [-0.39, 0.29) is 17.3 Å². The van der Waals surface area contributed by atoms with Crippen molar-refractivity contribution >= 4 is 21.6 Å². The van der Waals surface area contributed by atoms with Gasteiger partial charge >= 0.3 is 0 Å². The molecule has 0 saturated carbocycles. The molecule has 3 rings (SSSR count). The number of sulfonamides is 1. The lowest BCUT2D eigenvalue weighted by atomic mass is 10.0. The summed E-state index contributed by atoms with van der Waals surface area (Å²) in [5, 5.41) is 2.87. The van der Waals surface area contributed by atoms with E-state index in [0.717, 1.165) is 28.9 Å². The zero-order valence-electron chi connectivity index (χ0n) is 20.8. The van der Waals surface area contributed by atoms with Crippen LogP contribution in [-0.4, -0.2) is 34.5 Å². The Labute approximate surface area is 209 Å². The van der Waals surface area contributed by atoms with E-state index in [1.807, 2.05) is 43.3 Å². The minimum Gasteiger partial charge on any atom is -0.496 e. The molecule has 7 heteroatoms. The minimum atomic E-state index is -3.93. The third kappa shape index (κ3) is 6.85. The maximum atomic E-state index is 13.5. The van der Waals surface area contributed by atoms with Crippen molar-refractivity contribution in [2.75, 3.05) is 24.5 Å². The van der Waals surface area contributed by atoms with E-state index in [1.165, 1.54) is 4.31 Å². The number of nitrogens with one attached hydrogen (secondary N) is 1. The van der Waals surface area contributed by atoms with Crippen LogP contribution in [0.4, 0.5) is 5.69 Å². The van der Waals surface area contributed by atoms with Gasteiger partial charge in [0.15, 0.2) is 0 Å². The molecule has 3 aromatic carbocycles. The van der Waals surface area contributed by atoms with E-state index in [1.54, 1.807) is 43.5 Å². The Morgan fingerprint density at radius 1 is 0.971 bits per heavy atom. The van der Waals surface area contributed by atoms with Gasteiger partial charge in [-0.2, -0.15) is 0 Å². The van der Waals surface area contributed by atoms with Gasteiger partial charge in [0.05, 0.1) is 17.7 Å². The van der Waals surface area contributed by atoms with E-state index in [9.17, 15) is 13.2 Å². The zero-order valence-corrected chi connectivity index (χ0v) is 21.6. The van der Waals surface area contributed by atoms with E-state index < -0.39 is 10.0 Å². The monoisotopic (exact) mass is 494 g/mol. The molecule has 35 heavy (non-hydrogen) atoms. The normalized spacial score (nSPS) is 11.3. The van der Waals surface area contributed by atoms with Crippen molar-refractivity contribution in [3.63, 3.8) is 0 Å². The van der Waals surface area contributed by atoms with Crippen LogP contribution < -0.4 is 14.4 Å². The highest BCUT2D eigenvalue weighted by Crippen LogP contribution is 2.26. The highest BCUT2D eigenvalue weighted by molar-refractivity contribution is 7.92. The summed E-state index contributed by atoms with van der Waals surface area (Å²) >= 11 is 0. The van der Waals surface area contributed by atoms with E-state index >= 15 is 0 Å². The number of benzene rings is 3. The molecule has 0 aromatic heterocycles. The number of carbonyl (C=O) groups is 1. The van der Waals surface area contributed by atoms with E-state index in [0.29, 0.717) is 24.6 Å². The fraction of sp³-hybridized carbons (Fsp3) is 0.321. The summed E-state index contributed by atoms with van der Waals surface area (Å²) in [6.07, 6.45) is 1.45. The topological polar surface area (TPSA) is 75.7 Å². The first kappa shape index (κ1) is 26.3. The molecule has 1 N–H and O–H groups in total. The van der Waals surface area contributed by atoms with Crippen LogP contribution in [0, 0.1) is 6.92 Å². The van der Waals surface area contributed by atoms with Crippen molar-refractivity contribution in [1.29, 1.82) is 0 Å². The Morgan fingerprint density at radius 2 is 1.63 bits per heavy atom. The van der Waals surface area contributed by atoms with Gasteiger partial charge in [0.1, 0.15) is 12.3 Å². The molecule has 0 bridgehead atoms. The number of ether oxygens (including phenoxy) is 1. The van der Waals surface area contributed by atoms with Crippen LogP contribution in [0.15, 0.2) is 77.7 Å². The molecule has 186 valence electrons. The molecule has 0 saturated heterocycles. The smallest absolute Gasteiger partial charge is 0.264 e. The maximum absolute atomic E-state index is 13.5. The van der Waals surface area contributed by atoms with Gasteiger partial charge in [0.2, 0.25) is 5.91 Å². The third-order valence-electron chi connectivity index (χ3n) is 5.88. The number of methoxy groups -OCH3 is 1. The van der Waals surface area contributed by atoms with Gasteiger partial charge in [0.25, 0.3) is 10.0 Å². The molecule has 0 aliphatic rings. The molecule has 0 fully saturated rings. The SMILES string of the molecule is COc1ccccc1CCCNC(=O)CN(c1ccc(C(C)C)cc1)S(=O)(=O)c1ccc(C)cc1. The molecule has 0 unspecified atom stereocenters. The summed E-state index contributed by atoms with van der Waals surface area (Å²) in [7, 11) is -2.29. The number of rotatable bonds is 11. The third-order valence-corrected chi connectivity index (χ3v) is 7.67. The Balaban J connectivity index is 1.73. The molecule has 1 amide bonds. The van der Waals surface area contributed by atoms with Gasteiger partial charge < -0.3 is 10.1 Å². The molecule has 0 heterocycles. The van der Waals surface area contributed by atoms with Crippen molar-refractivity contribution in [3.05, 3.63) is 89.5 Å². The van der Waals surface area contributed by atoms with Crippen molar-refractivity contribution in [2.24, 2.45) is 0 Å². The minimum absolute atomic E-state index is 0.153. The van der Waals surface area contributed by atoms with Gasteiger partial charge in [-0.25, -0.2) is 8.42 Å². The molecule has 0 radical (unpaired) electrons. The predicted molar refractivity (Wildman–Crippen MR) is 141 cm³/mol. The van der Waals surface area contributed by atoms with Crippen molar-refractivity contribution in [1.82, 2.24) is 5.32 Å². The van der Waals surface area contributed by atoms with Gasteiger partial charge in [-0.05, 0) is 67.1 Å². The molecule has 0 spiro atoms. The van der Waals surface area contributed by atoms with Gasteiger partial charge in [-0.1, -0.05) is 61.9 Å². The number of amides is 1. The lowest BCUT2D eigenvalue weighted by Crippen LogP contribution is -2.41. The summed E-state index contributed by atoms with van der Waals surface area (Å²) in [5.74, 6) is 0.783. The highest BCUT2D eigenvalue weighted by atomic mass is 32.2. The van der Waals surface area contributed by atoms with Crippen LogP contribution in [0.5, 0.6) is 5.75 Å². The predicted octanol–water partition coefficient (Wildman–Crippen LogP) is 5.07. The lowest BCUT2D eigenvalue weighted by Gasteiger charge is -2.24. The second-order valence-electron chi connectivity index (χ2n) is 8.84. The van der Waals surface area contributed by atoms with Crippen molar-refractivity contribution in [2.45, 2.75) is 44.4 Å². The van der Waals surface area contributed by atoms with Crippen LogP contribution in [-0.2, 0) is 21.2 Å². The summed E-state index contributed by atoms with van der Waals surface area (Å²) in [5.41, 5.74) is 3.59. The molecule has 0 aliphatic carbocycles. The second kappa shape index (κ2) is 11.9. The molecule has 6 nitrogen and oxygen atoms in total. The average molecular weight is 495 g/mol. The zero-order chi connectivity index (χ0) is 25.4. The van der Waals surface area contributed by atoms with E-state index in [4.69, 9.17) is 4.74 Å². The fourth-order valence-electron chi connectivity index (χ4n) is 3.78. The van der Waals surface area contributed by atoms with Crippen LogP contribution in [0.25, 0.3) is 0 Å². The van der Waals surface area contributed by atoms with Crippen LogP contribution in [0.3, 0.4) is 0 Å².